The molecule has 1 aromatic heterocycles. The molecule has 3 N–H and O–H groups in total. The molecule has 3 unspecified atom stereocenters. The summed E-state index contributed by atoms with van der Waals surface area (Å²) < 4.78 is 1.12. The molecule has 3 atom stereocenters. The fourth-order valence-electron chi connectivity index (χ4n) is 2.00. The molecule has 5 heteroatoms. The second-order valence-electron chi connectivity index (χ2n) is 4.45. The van der Waals surface area contributed by atoms with Gasteiger partial charge < -0.3 is 10.8 Å². The Bertz CT molecular complexity index is 343. The number of likely N-dealkylation sites (N-methyl/N-ethyl adjacent to an activating group) is 1. The largest absolute Gasteiger partial charge is 0.392 e. The maximum Gasteiger partial charge on any atom is 0.0702 e. The normalized spacial score (nSPS) is 17.1. The van der Waals surface area contributed by atoms with Crippen LogP contribution in [0.15, 0.2) is 15.9 Å². The molecule has 1 heterocycles. The summed E-state index contributed by atoms with van der Waals surface area (Å²) in [4.78, 5) is 3.38. The molecule has 0 spiro atoms. The standard InChI is InChI=1S/C12H21BrN2OS/c1-4-9(14)12(15(3)7-8(2)16)10-5-6-11(13)17-10/h5-6,8-9,12,16H,4,7,14H2,1-3H3. The molecular formula is C12H21BrN2OS. The summed E-state index contributed by atoms with van der Waals surface area (Å²) in [5.74, 6) is 0. The first-order valence-electron chi connectivity index (χ1n) is 5.84. The third kappa shape index (κ3) is 4.34. The van der Waals surface area contributed by atoms with Crippen molar-refractivity contribution in [3.63, 3.8) is 0 Å². The van der Waals surface area contributed by atoms with Crippen molar-refractivity contribution in [1.82, 2.24) is 4.90 Å². The highest BCUT2D eigenvalue weighted by molar-refractivity contribution is 9.11. The number of hydrogen-bond acceptors (Lipinski definition) is 4. The molecule has 17 heavy (non-hydrogen) atoms. The van der Waals surface area contributed by atoms with Crippen molar-refractivity contribution in [2.45, 2.75) is 38.5 Å². The van der Waals surface area contributed by atoms with E-state index in [2.05, 4.69) is 33.8 Å². The van der Waals surface area contributed by atoms with Crippen molar-refractivity contribution in [3.8, 4) is 0 Å². The molecule has 0 saturated heterocycles. The molecule has 98 valence electrons. The maximum atomic E-state index is 9.49. The highest BCUT2D eigenvalue weighted by Crippen LogP contribution is 2.32. The second-order valence-corrected chi connectivity index (χ2v) is 6.94. The number of aliphatic hydroxyl groups is 1. The van der Waals surface area contributed by atoms with E-state index >= 15 is 0 Å². The zero-order chi connectivity index (χ0) is 13.0. The van der Waals surface area contributed by atoms with Gasteiger partial charge in [-0.05, 0) is 48.5 Å². The van der Waals surface area contributed by atoms with Gasteiger partial charge in [-0.15, -0.1) is 11.3 Å². The molecule has 0 fully saturated rings. The van der Waals surface area contributed by atoms with E-state index in [1.165, 1.54) is 4.88 Å². The first-order valence-corrected chi connectivity index (χ1v) is 7.45. The van der Waals surface area contributed by atoms with E-state index < -0.39 is 0 Å². The summed E-state index contributed by atoms with van der Waals surface area (Å²) >= 11 is 5.19. The van der Waals surface area contributed by atoms with E-state index in [4.69, 9.17) is 5.73 Å². The van der Waals surface area contributed by atoms with Crippen molar-refractivity contribution < 1.29 is 5.11 Å². The lowest BCUT2D eigenvalue weighted by atomic mass is 10.0. The quantitative estimate of drug-likeness (QED) is 0.847. The Morgan fingerprint density at radius 1 is 1.53 bits per heavy atom. The smallest absolute Gasteiger partial charge is 0.0702 e. The number of halogens is 1. The average molecular weight is 321 g/mol. The van der Waals surface area contributed by atoms with E-state index in [1.54, 1.807) is 18.3 Å². The molecule has 1 aromatic rings. The molecule has 0 amide bonds. The Balaban J connectivity index is 2.87. The van der Waals surface area contributed by atoms with Crippen LogP contribution in [0.1, 0.15) is 31.2 Å². The Hall–Kier alpha value is 0.0600. The predicted octanol–water partition coefficient (Wildman–Crippen LogP) is 2.60. The second kappa shape index (κ2) is 6.85. The van der Waals surface area contributed by atoms with Crippen LogP contribution < -0.4 is 5.73 Å². The monoisotopic (exact) mass is 320 g/mol. The van der Waals surface area contributed by atoms with Crippen LogP contribution in [0.4, 0.5) is 0 Å². The van der Waals surface area contributed by atoms with Crippen LogP contribution in [0, 0.1) is 0 Å². The van der Waals surface area contributed by atoms with Gasteiger partial charge in [0.1, 0.15) is 0 Å². The van der Waals surface area contributed by atoms with Crippen LogP contribution in [0.2, 0.25) is 0 Å². The first kappa shape index (κ1) is 15.1. The third-order valence-corrected chi connectivity index (χ3v) is 4.48. The maximum absolute atomic E-state index is 9.49. The van der Waals surface area contributed by atoms with Gasteiger partial charge in [-0.1, -0.05) is 6.92 Å². The van der Waals surface area contributed by atoms with Crippen LogP contribution in [0.5, 0.6) is 0 Å². The molecule has 0 saturated carbocycles. The van der Waals surface area contributed by atoms with Crippen LogP contribution >= 0.6 is 27.3 Å². The number of nitrogens with zero attached hydrogens (tertiary/aromatic N) is 1. The summed E-state index contributed by atoms with van der Waals surface area (Å²) in [5, 5.41) is 9.49. The molecular weight excluding hydrogens is 300 g/mol. The Kier molecular flexibility index (Phi) is 6.09. The predicted molar refractivity (Wildman–Crippen MR) is 77.3 cm³/mol. The summed E-state index contributed by atoms with van der Waals surface area (Å²) in [6, 6.07) is 4.41. The molecule has 0 radical (unpaired) electrons. The van der Waals surface area contributed by atoms with E-state index in [1.807, 2.05) is 13.1 Å². The van der Waals surface area contributed by atoms with Crippen LogP contribution in [0.3, 0.4) is 0 Å². The zero-order valence-corrected chi connectivity index (χ0v) is 13.0. The molecule has 0 aliphatic carbocycles. The molecule has 0 aliphatic heterocycles. The summed E-state index contributed by atoms with van der Waals surface area (Å²) in [6.45, 7) is 4.53. The minimum absolute atomic E-state index is 0.0873. The van der Waals surface area contributed by atoms with Crippen molar-refractivity contribution in [1.29, 1.82) is 0 Å². The Morgan fingerprint density at radius 2 is 2.18 bits per heavy atom. The van der Waals surface area contributed by atoms with Crippen LogP contribution in [-0.2, 0) is 0 Å². The first-order chi connectivity index (χ1) is 7.95. The fraction of sp³-hybridized carbons (Fsp3) is 0.667. The Morgan fingerprint density at radius 3 is 2.59 bits per heavy atom. The minimum atomic E-state index is -0.338. The minimum Gasteiger partial charge on any atom is -0.392 e. The van der Waals surface area contributed by atoms with Crippen molar-refractivity contribution in [2.24, 2.45) is 5.73 Å². The highest BCUT2D eigenvalue weighted by Gasteiger charge is 2.25. The van der Waals surface area contributed by atoms with Gasteiger partial charge in [0.05, 0.1) is 15.9 Å². The molecule has 0 aliphatic rings. The van der Waals surface area contributed by atoms with Crippen LogP contribution in [-0.4, -0.2) is 35.7 Å². The van der Waals surface area contributed by atoms with E-state index in [0.29, 0.717) is 6.54 Å². The number of rotatable bonds is 6. The lowest BCUT2D eigenvalue weighted by molar-refractivity contribution is 0.108. The summed E-state index contributed by atoms with van der Waals surface area (Å²) in [6.07, 6.45) is 0.583. The summed E-state index contributed by atoms with van der Waals surface area (Å²) in [5.41, 5.74) is 6.20. The Labute approximate surface area is 116 Å². The lowest BCUT2D eigenvalue weighted by Gasteiger charge is -2.32. The number of aliphatic hydroxyl groups excluding tert-OH is 1. The molecule has 1 rings (SSSR count). The van der Waals surface area contributed by atoms with E-state index in [0.717, 1.165) is 10.2 Å². The van der Waals surface area contributed by atoms with Gasteiger partial charge >= 0.3 is 0 Å². The fourth-order valence-corrected chi connectivity index (χ4v) is 3.66. The van der Waals surface area contributed by atoms with Crippen LogP contribution in [0.25, 0.3) is 0 Å². The third-order valence-electron chi connectivity index (χ3n) is 2.79. The van der Waals surface area contributed by atoms with Gasteiger partial charge in [0.15, 0.2) is 0 Å². The number of thiophene rings is 1. The summed E-state index contributed by atoms with van der Waals surface area (Å²) in [7, 11) is 2.01. The molecule has 0 bridgehead atoms. The van der Waals surface area contributed by atoms with Crippen molar-refractivity contribution >= 4 is 27.3 Å². The van der Waals surface area contributed by atoms with Crippen molar-refractivity contribution in [2.75, 3.05) is 13.6 Å². The van der Waals surface area contributed by atoms with Gasteiger partial charge in [0.25, 0.3) is 0 Å². The number of nitrogens with two attached hydrogens (primary N) is 1. The number of hydrogen-bond donors (Lipinski definition) is 2. The van der Waals surface area contributed by atoms with Gasteiger partial charge in [0.2, 0.25) is 0 Å². The molecule has 3 nitrogen and oxygen atoms in total. The topological polar surface area (TPSA) is 49.5 Å². The van der Waals surface area contributed by atoms with Gasteiger partial charge in [-0.3, -0.25) is 4.90 Å². The van der Waals surface area contributed by atoms with Gasteiger partial charge in [-0.2, -0.15) is 0 Å². The highest BCUT2D eigenvalue weighted by atomic mass is 79.9. The SMILES string of the molecule is CCC(N)C(c1ccc(Br)s1)N(C)CC(C)O. The van der Waals surface area contributed by atoms with Gasteiger partial charge in [-0.25, -0.2) is 0 Å². The van der Waals surface area contributed by atoms with Crippen molar-refractivity contribution in [3.05, 3.63) is 20.8 Å². The average Bonchev–Trinajstić information content (AvgIpc) is 2.63. The van der Waals surface area contributed by atoms with Gasteiger partial charge in [0, 0.05) is 17.5 Å². The molecule has 0 aromatic carbocycles. The lowest BCUT2D eigenvalue weighted by Crippen LogP contribution is -2.41. The zero-order valence-electron chi connectivity index (χ0n) is 10.6. The van der Waals surface area contributed by atoms with E-state index in [-0.39, 0.29) is 18.2 Å². The van der Waals surface area contributed by atoms with E-state index in [9.17, 15) is 5.11 Å².